The lowest BCUT2D eigenvalue weighted by molar-refractivity contribution is 0.0827. The van der Waals surface area contributed by atoms with E-state index in [0.29, 0.717) is 21.4 Å². The fourth-order valence-corrected chi connectivity index (χ4v) is 4.17. The van der Waals surface area contributed by atoms with Crippen molar-refractivity contribution >= 4 is 33.8 Å². The molecule has 0 bridgehead atoms. The minimum atomic E-state index is -1.79. The van der Waals surface area contributed by atoms with E-state index >= 15 is 0 Å². The summed E-state index contributed by atoms with van der Waals surface area (Å²) in [7, 11) is 1.54. The number of nitrogens with zero attached hydrogens (tertiary/aromatic N) is 1. The van der Waals surface area contributed by atoms with E-state index in [2.05, 4.69) is 4.72 Å². The Kier molecular flexibility index (Phi) is 5.68. The topological polar surface area (TPSA) is 79.6 Å². The number of furan rings is 1. The van der Waals surface area contributed by atoms with Gasteiger partial charge in [-0.15, -0.1) is 0 Å². The number of carbonyl (C=O) groups is 2. The van der Waals surface area contributed by atoms with Crippen LogP contribution in [0.1, 0.15) is 20.9 Å². The molecule has 1 aromatic heterocycles. The largest absolute Gasteiger partial charge is 0.451 e. The van der Waals surface area contributed by atoms with Crippen LogP contribution in [-0.2, 0) is 11.0 Å². The zero-order valence-electron chi connectivity index (χ0n) is 17.0. The van der Waals surface area contributed by atoms with Crippen molar-refractivity contribution in [1.29, 1.82) is 0 Å². The molecule has 0 aliphatic carbocycles. The van der Waals surface area contributed by atoms with Crippen molar-refractivity contribution in [2.75, 3.05) is 14.1 Å². The van der Waals surface area contributed by atoms with Crippen molar-refractivity contribution in [1.82, 2.24) is 9.62 Å². The Morgan fingerprint density at radius 3 is 2.35 bits per heavy atom. The molecule has 1 atom stereocenters. The molecule has 0 saturated carbocycles. The summed E-state index contributed by atoms with van der Waals surface area (Å²) >= 11 is 0. The minimum absolute atomic E-state index is 0.0231. The maximum atomic E-state index is 12.9. The fraction of sp³-hybridized carbons (Fsp3) is 0.0833. The third kappa shape index (κ3) is 4.27. The van der Waals surface area contributed by atoms with Crippen molar-refractivity contribution in [2.24, 2.45) is 0 Å². The van der Waals surface area contributed by atoms with Gasteiger partial charge in [-0.3, -0.25) is 14.3 Å². The van der Waals surface area contributed by atoms with Gasteiger partial charge in [0, 0.05) is 25.0 Å². The predicted molar refractivity (Wildman–Crippen MR) is 120 cm³/mol. The second-order valence-corrected chi connectivity index (χ2v) is 8.31. The quantitative estimate of drug-likeness (QED) is 0.511. The van der Waals surface area contributed by atoms with Crippen LogP contribution in [0.3, 0.4) is 0 Å². The Morgan fingerprint density at radius 2 is 1.61 bits per heavy atom. The molecule has 2 amide bonds. The zero-order chi connectivity index (χ0) is 22.0. The van der Waals surface area contributed by atoms with Crippen LogP contribution >= 0.6 is 0 Å². The van der Waals surface area contributed by atoms with Gasteiger partial charge >= 0.3 is 0 Å². The smallest absolute Gasteiger partial charge is 0.298 e. The van der Waals surface area contributed by atoms with Gasteiger partial charge in [-0.05, 0) is 35.4 Å². The van der Waals surface area contributed by atoms with Crippen LogP contribution in [0.5, 0.6) is 0 Å². The predicted octanol–water partition coefficient (Wildman–Crippen LogP) is 4.25. The highest BCUT2D eigenvalue weighted by atomic mass is 32.2. The van der Waals surface area contributed by atoms with E-state index in [0.717, 1.165) is 11.1 Å². The van der Waals surface area contributed by atoms with Gasteiger partial charge in [0.25, 0.3) is 11.8 Å². The van der Waals surface area contributed by atoms with E-state index in [1.54, 1.807) is 50.5 Å². The Labute approximate surface area is 182 Å². The molecule has 0 fully saturated rings. The average molecular weight is 433 g/mol. The molecule has 3 aromatic carbocycles. The van der Waals surface area contributed by atoms with Crippen LogP contribution in [0.25, 0.3) is 22.1 Å². The Morgan fingerprint density at radius 1 is 0.903 bits per heavy atom. The summed E-state index contributed by atoms with van der Waals surface area (Å²) in [5.41, 5.74) is 2.55. The van der Waals surface area contributed by atoms with E-state index in [-0.39, 0.29) is 11.7 Å². The van der Waals surface area contributed by atoms with E-state index in [9.17, 15) is 13.8 Å². The highest BCUT2D eigenvalue weighted by Crippen LogP contribution is 2.26. The summed E-state index contributed by atoms with van der Waals surface area (Å²) < 4.78 is 21.1. The molecule has 6 nitrogen and oxygen atoms in total. The van der Waals surface area contributed by atoms with E-state index in [4.69, 9.17) is 4.42 Å². The number of fused-ring (bicyclic) bond motifs is 1. The zero-order valence-corrected chi connectivity index (χ0v) is 17.8. The van der Waals surface area contributed by atoms with Crippen LogP contribution in [0, 0.1) is 0 Å². The number of amides is 2. The lowest BCUT2D eigenvalue weighted by Crippen LogP contribution is -2.25. The molecule has 156 valence electrons. The standard InChI is InChI=1S/C24H20N2O4S/c1-26(2)24(28)18-13-12-17-14-21(30-20(17)15-18)23(27)25-31(29)22-11-7-6-10-19(22)16-8-4-3-5-9-16/h3-15H,1-2H3,(H,25,27). The number of nitrogens with one attached hydrogen (secondary N) is 1. The van der Waals surface area contributed by atoms with Crippen molar-refractivity contribution in [2.45, 2.75) is 4.90 Å². The SMILES string of the molecule is CN(C)C(=O)c1ccc2cc(C(=O)NS(=O)c3ccccc3-c3ccccc3)oc2c1. The molecule has 0 saturated heterocycles. The third-order valence-corrected chi connectivity index (χ3v) is 5.88. The van der Waals surface area contributed by atoms with Crippen LogP contribution < -0.4 is 4.72 Å². The first-order chi connectivity index (χ1) is 14.9. The van der Waals surface area contributed by atoms with Crippen LogP contribution in [0.15, 0.2) is 88.2 Å². The maximum absolute atomic E-state index is 12.9. The molecule has 4 aromatic rings. The molecule has 0 aliphatic heterocycles. The summed E-state index contributed by atoms with van der Waals surface area (Å²) in [6.07, 6.45) is 0. The lowest BCUT2D eigenvalue weighted by atomic mass is 10.1. The number of benzene rings is 3. The van der Waals surface area contributed by atoms with Crippen molar-refractivity contribution < 1.29 is 18.2 Å². The first kappa shape index (κ1) is 20.6. The summed E-state index contributed by atoms with van der Waals surface area (Å²) in [5, 5.41) is 0.677. The molecule has 1 N–H and O–H groups in total. The maximum Gasteiger partial charge on any atom is 0.298 e. The number of hydrogen-bond donors (Lipinski definition) is 1. The molecule has 1 heterocycles. The lowest BCUT2D eigenvalue weighted by Gasteiger charge is -2.09. The van der Waals surface area contributed by atoms with Crippen molar-refractivity contribution in [3.05, 3.63) is 90.2 Å². The molecule has 1 unspecified atom stereocenters. The normalized spacial score (nSPS) is 11.8. The summed E-state index contributed by atoms with van der Waals surface area (Å²) in [4.78, 5) is 26.8. The molecule has 4 rings (SSSR count). The van der Waals surface area contributed by atoms with Crippen molar-refractivity contribution in [3.63, 3.8) is 0 Å². The second-order valence-electron chi connectivity index (χ2n) is 7.12. The Hall–Kier alpha value is -3.71. The molecule has 7 heteroatoms. The van der Waals surface area contributed by atoms with Gasteiger partial charge in [-0.25, -0.2) is 4.21 Å². The Balaban J connectivity index is 1.58. The molecular weight excluding hydrogens is 412 g/mol. The number of rotatable bonds is 5. The minimum Gasteiger partial charge on any atom is -0.451 e. The molecule has 0 spiro atoms. The van der Waals surface area contributed by atoms with E-state index in [1.807, 2.05) is 42.5 Å². The monoisotopic (exact) mass is 432 g/mol. The van der Waals surface area contributed by atoms with Gasteiger partial charge in [0.05, 0.1) is 4.90 Å². The van der Waals surface area contributed by atoms with Crippen LogP contribution in [-0.4, -0.2) is 35.0 Å². The average Bonchev–Trinajstić information content (AvgIpc) is 3.22. The second kappa shape index (κ2) is 8.57. The summed E-state index contributed by atoms with van der Waals surface area (Å²) in [6.45, 7) is 0. The highest BCUT2D eigenvalue weighted by molar-refractivity contribution is 7.83. The van der Waals surface area contributed by atoms with Gasteiger partial charge < -0.3 is 9.32 Å². The first-order valence-electron chi connectivity index (χ1n) is 9.56. The summed E-state index contributed by atoms with van der Waals surface area (Å²) in [6, 6.07) is 23.3. The van der Waals surface area contributed by atoms with Crippen LogP contribution in [0.2, 0.25) is 0 Å². The van der Waals surface area contributed by atoms with E-state index < -0.39 is 16.9 Å². The van der Waals surface area contributed by atoms with Gasteiger partial charge in [-0.2, -0.15) is 0 Å². The van der Waals surface area contributed by atoms with E-state index in [1.165, 1.54) is 4.90 Å². The van der Waals surface area contributed by atoms with Gasteiger partial charge in [0.15, 0.2) is 16.7 Å². The Bertz CT molecular complexity index is 1300. The molecule has 0 radical (unpaired) electrons. The highest BCUT2D eigenvalue weighted by Gasteiger charge is 2.19. The van der Waals surface area contributed by atoms with Crippen LogP contribution in [0.4, 0.5) is 0 Å². The molecular formula is C24H20N2O4S. The third-order valence-electron chi connectivity index (χ3n) is 4.75. The van der Waals surface area contributed by atoms with Gasteiger partial charge in [0.2, 0.25) is 0 Å². The number of carbonyl (C=O) groups excluding carboxylic acids is 2. The van der Waals surface area contributed by atoms with Gasteiger partial charge in [-0.1, -0.05) is 54.6 Å². The summed E-state index contributed by atoms with van der Waals surface area (Å²) in [5.74, 6) is -0.740. The number of hydrogen-bond acceptors (Lipinski definition) is 4. The van der Waals surface area contributed by atoms with Gasteiger partial charge in [0.1, 0.15) is 5.58 Å². The fourth-order valence-electron chi connectivity index (χ4n) is 3.21. The molecule has 31 heavy (non-hydrogen) atoms. The molecule has 0 aliphatic rings. The van der Waals surface area contributed by atoms with Crippen molar-refractivity contribution in [3.8, 4) is 11.1 Å². The first-order valence-corrected chi connectivity index (χ1v) is 10.7.